The van der Waals surface area contributed by atoms with Crippen LogP contribution in [0.5, 0.6) is 0 Å². The van der Waals surface area contributed by atoms with Crippen LogP contribution >= 0.6 is 23.1 Å². The Morgan fingerprint density at radius 1 is 1.11 bits per heavy atom. The Hall–Kier alpha value is -3.64. The molecule has 182 valence electrons. The second-order valence-corrected chi connectivity index (χ2v) is 9.11. The van der Waals surface area contributed by atoms with Crippen molar-refractivity contribution in [1.82, 2.24) is 15.2 Å². The highest BCUT2D eigenvalue weighted by molar-refractivity contribution is 7.99. The van der Waals surface area contributed by atoms with E-state index in [-0.39, 0.29) is 39.6 Å². The number of rotatable bonds is 9. The van der Waals surface area contributed by atoms with Crippen LogP contribution in [0.2, 0.25) is 0 Å². The minimum atomic E-state index is -0.625. The van der Waals surface area contributed by atoms with Gasteiger partial charge in [-0.1, -0.05) is 30.0 Å². The van der Waals surface area contributed by atoms with Crippen LogP contribution in [-0.2, 0) is 14.3 Å². The lowest BCUT2D eigenvalue weighted by atomic mass is 10.1. The van der Waals surface area contributed by atoms with Crippen LogP contribution in [0.1, 0.15) is 39.4 Å². The Morgan fingerprint density at radius 2 is 1.86 bits per heavy atom. The number of thioether (sulfide) groups is 1. The average molecular weight is 515 g/mol. The highest BCUT2D eigenvalue weighted by Gasteiger charge is 2.27. The molecular formula is C23H22N4O6S2. The number of carbonyl (C=O) groups excluding carboxylic acids is 3. The number of esters is 2. The molecular weight excluding hydrogens is 492 g/mol. The molecule has 1 amide bonds. The zero-order chi connectivity index (χ0) is 24.9. The van der Waals surface area contributed by atoms with Gasteiger partial charge in [-0.25, -0.2) is 9.59 Å². The third-order valence-corrected chi connectivity index (χ3v) is 6.90. The van der Waals surface area contributed by atoms with Crippen LogP contribution in [0.3, 0.4) is 0 Å². The van der Waals surface area contributed by atoms with Gasteiger partial charge >= 0.3 is 11.9 Å². The Labute approximate surface area is 208 Å². The van der Waals surface area contributed by atoms with Crippen LogP contribution in [0.25, 0.3) is 22.4 Å². The number of ether oxygens (including phenoxy) is 2. The predicted octanol–water partition coefficient (Wildman–Crippen LogP) is 4.67. The van der Waals surface area contributed by atoms with Crippen LogP contribution in [0, 0.1) is 6.92 Å². The molecule has 0 bridgehead atoms. The van der Waals surface area contributed by atoms with Crippen molar-refractivity contribution in [2.75, 3.05) is 24.3 Å². The van der Waals surface area contributed by atoms with Gasteiger partial charge in [0.25, 0.3) is 11.1 Å². The second-order valence-electron chi connectivity index (χ2n) is 7.16. The van der Waals surface area contributed by atoms with Crippen molar-refractivity contribution >= 4 is 56.8 Å². The minimum absolute atomic E-state index is 0.0521. The lowest BCUT2D eigenvalue weighted by Crippen LogP contribution is -2.16. The van der Waals surface area contributed by atoms with E-state index < -0.39 is 17.8 Å². The van der Waals surface area contributed by atoms with Gasteiger partial charge in [0.1, 0.15) is 9.88 Å². The Morgan fingerprint density at radius 3 is 2.63 bits per heavy atom. The number of aromatic nitrogens is 3. The highest BCUT2D eigenvalue weighted by atomic mass is 32.2. The number of para-hydroxylation sites is 1. The number of hydrogen-bond donors (Lipinski definition) is 2. The van der Waals surface area contributed by atoms with E-state index in [0.717, 1.165) is 39.6 Å². The molecule has 0 aliphatic carbocycles. The van der Waals surface area contributed by atoms with Gasteiger partial charge in [-0.3, -0.25) is 4.79 Å². The third kappa shape index (κ3) is 5.23. The Kier molecular flexibility index (Phi) is 7.51. The number of anilines is 1. The maximum absolute atomic E-state index is 12.7. The summed E-state index contributed by atoms with van der Waals surface area (Å²) in [6.45, 7) is 5.32. The molecule has 3 aromatic heterocycles. The molecule has 2 N–H and O–H groups in total. The van der Waals surface area contributed by atoms with E-state index in [9.17, 15) is 14.4 Å². The SMILES string of the molecule is CCOC(=O)c1sc(NC(=O)CSc2nnc(-c3c[nH]c4ccccc34)o2)c(C(=O)OCC)c1C. The minimum Gasteiger partial charge on any atom is -0.462 e. The molecule has 0 aliphatic rings. The lowest BCUT2D eigenvalue weighted by molar-refractivity contribution is -0.113. The predicted molar refractivity (Wildman–Crippen MR) is 132 cm³/mol. The summed E-state index contributed by atoms with van der Waals surface area (Å²) in [6, 6.07) is 7.73. The van der Waals surface area contributed by atoms with Crippen LogP contribution in [0.15, 0.2) is 40.1 Å². The number of amides is 1. The molecule has 0 atom stereocenters. The first-order valence-corrected chi connectivity index (χ1v) is 12.5. The quantitative estimate of drug-likeness (QED) is 0.241. The van der Waals surface area contributed by atoms with Crippen molar-refractivity contribution in [3.8, 4) is 11.5 Å². The molecule has 12 heteroatoms. The van der Waals surface area contributed by atoms with E-state index in [1.807, 2.05) is 24.3 Å². The van der Waals surface area contributed by atoms with Crippen molar-refractivity contribution in [1.29, 1.82) is 0 Å². The van der Waals surface area contributed by atoms with Gasteiger partial charge in [-0.2, -0.15) is 0 Å². The molecule has 0 fully saturated rings. The molecule has 0 saturated carbocycles. The monoisotopic (exact) mass is 514 g/mol. The third-order valence-electron chi connectivity index (χ3n) is 4.89. The van der Waals surface area contributed by atoms with Crippen LogP contribution < -0.4 is 5.32 Å². The fourth-order valence-electron chi connectivity index (χ4n) is 3.36. The first-order chi connectivity index (χ1) is 16.9. The van der Waals surface area contributed by atoms with Gasteiger partial charge in [0.05, 0.1) is 30.1 Å². The topological polar surface area (TPSA) is 136 Å². The number of aromatic amines is 1. The normalized spacial score (nSPS) is 10.9. The van der Waals surface area contributed by atoms with Gasteiger partial charge in [0.2, 0.25) is 5.91 Å². The van der Waals surface area contributed by atoms with Crippen molar-refractivity contribution < 1.29 is 28.3 Å². The van der Waals surface area contributed by atoms with Crippen LogP contribution in [-0.4, -0.2) is 52.0 Å². The standard InChI is InChI=1S/C23H22N4O6S2/c1-4-31-21(29)17-12(3)18(22(30)32-5-2)35-20(17)25-16(28)11-34-23-27-26-19(33-23)14-10-24-15-9-7-6-8-13(14)15/h6-10,24H,4-5,11H2,1-3H3,(H,25,28). The molecule has 0 radical (unpaired) electrons. The molecule has 0 spiro atoms. The summed E-state index contributed by atoms with van der Waals surface area (Å²) in [7, 11) is 0. The summed E-state index contributed by atoms with van der Waals surface area (Å²) < 4.78 is 15.9. The fourth-order valence-corrected chi connectivity index (χ4v) is 5.03. The molecule has 35 heavy (non-hydrogen) atoms. The van der Waals surface area contributed by atoms with Gasteiger partial charge in [0, 0.05) is 17.1 Å². The maximum Gasteiger partial charge on any atom is 0.348 e. The highest BCUT2D eigenvalue weighted by Crippen LogP contribution is 2.35. The summed E-state index contributed by atoms with van der Waals surface area (Å²) in [4.78, 5) is 40.8. The number of benzene rings is 1. The maximum atomic E-state index is 12.7. The first kappa shape index (κ1) is 24.5. The van der Waals surface area contributed by atoms with E-state index >= 15 is 0 Å². The summed E-state index contributed by atoms with van der Waals surface area (Å²) >= 11 is 2.03. The van der Waals surface area contributed by atoms with Crippen molar-refractivity contribution in [3.63, 3.8) is 0 Å². The van der Waals surface area contributed by atoms with Crippen molar-refractivity contribution in [2.45, 2.75) is 26.0 Å². The van der Waals surface area contributed by atoms with E-state index in [0.29, 0.717) is 11.5 Å². The first-order valence-electron chi connectivity index (χ1n) is 10.7. The molecule has 0 saturated heterocycles. The summed E-state index contributed by atoms with van der Waals surface area (Å²) in [5.41, 5.74) is 2.25. The van der Waals surface area contributed by atoms with Gasteiger partial charge in [-0.15, -0.1) is 21.5 Å². The average Bonchev–Trinajstić information content (AvgIpc) is 3.55. The molecule has 4 rings (SSSR count). The molecule has 4 aromatic rings. The Balaban J connectivity index is 1.46. The van der Waals surface area contributed by atoms with E-state index in [4.69, 9.17) is 13.9 Å². The number of carbonyl (C=O) groups is 3. The van der Waals surface area contributed by atoms with Crippen LogP contribution in [0.4, 0.5) is 5.00 Å². The number of fused-ring (bicyclic) bond motifs is 1. The zero-order valence-corrected chi connectivity index (χ0v) is 20.8. The molecule has 3 heterocycles. The summed E-state index contributed by atoms with van der Waals surface area (Å²) in [6.07, 6.45) is 1.79. The molecule has 0 unspecified atom stereocenters. The number of hydrogen-bond acceptors (Lipinski definition) is 10. The van der Waals surface area contributed by atoms with E-state index in [1.165, 1.54) is 0 Å². The molecule has 1 aromatic carbocycles. The summed E-state index contributed by atoms with van der Waals surface area (Å²) in [5.74, 6) is -1.32. The molecule has 10 nitrogen and oxygen atoms in total. The zero-order valence-electron chi connectivity index (χ0n) is 19.2. The van der Waals surface area contributed by atoms with Gasteiger partial charge in [-0.05, 0) is 32.4 Å². The van der Waals surface area contributed by atoms with E-state index in [1.54, 1.807) is 27.0 Å². The number of thiophene rings is 1. The van der Waals surface area contributed by atoms with Crippen molar-refractivity contribution in [2.24, 2.45) is 0 Å². The molecule has 0 aliphatic heterocycles. The van der Waals surface area contributed by atoms with Gasteiger partial charge in [0.15, 0.2) is 0 Å². The largest absolute Gasteiger partial charge is 0.462 e. The number of nitrogens with one attached hydrogen (secondary N) is 2. The van der Waals surface area contributed by atoms with Gasteiger partial charge < -0.3 is 24.2 Å². The second kappa shape index (κ2) is 10.7. The fraction of sp³-hybridized carbons (Fsp3) is 0.261. The number of H-pyrrole nitrogens is 1. The smallest absolute Gasteiger partial charge is 0.348 e. The number of nitrogens with zero attached hydrogens (tertiary/aromatic N) is 2. The van der Waals surface area contributed by atoms with Crippen molar-refractivity contribution in [3.05, 3.63) is 46.5 Å². The summed E-state index contributed by atoms with van der Waals surface area (Å²) in [5, 5.41) is 12.2. The lowest BCUT2D eigenvalue weighted by Gasteiger charge is -2.06. The Bertz CT molecular complexity index is 1390. The van der Waals surface area contributed by atoms with E-state index in [2.05, 4.69) is 20.5 Å².